The van der Waals surface area contributed by atoms with Gasteiger partial charge in [0.05, 0.1) is 23.5 Å². The Morgan fingerprint density at radius 2 is 1.84 bits per heavy atom. The average molecular weight is 458 g/mol. The van der Waals surface area contributed by atoms with E-state index < -0.39 is 15.3 Å². The minimum Gasteiger partial charge on any atom is -0.379 e. The maximum absolute atomic E-state index is 12.7. The quantitative estimate of drug-likeness (QED) is 0.571. The maximum Gasteiger partial charge on any atom is 0.244 e. The van der Waals surface area contributed by atoms with Crippen LogP contribution in [0.3, 0.4) is 0 Å². The zero-order valence-corrected chi connectivity index (χ0v) is 18.7. The molecular weight excluding hydrogens is 434 g/mol. The number of rotatable bonds is 6. The van der Waals surface area contributed by atoms with E-state index in [0.29, 0.717) is 31.3 Å². The lowest BCUT2D eigenvalue weighted by Gasteiger charge is -2.25. The van der Waals surface area contributed by atoms with Crippen LogP contribution in [0.5, 0.6) is 0 Å². The zero-order chi connectivity index (χ0) is 21.8. The molecule has 7 nitrogen and oxygen atoms in total. The van der Waals surface area contributed by atoms with E-state index in [9.17, 15) is 13.2 Å². The number of benzene rings is 2. The molecule has 0 saturated carbocycles. The number of anilines is 1. The fourth-order valence-electron chi connectivity index (χ4n) is 3.33. The molecule has 4 rings (SSSR count). The summed E-state index contributed by atoms with van der Waals surface area (Å²) in [5.41, 5.74) is 0.760. The first-order valence-electron chi connectivity index (χ1n) is 9.94. The first kappa shape index (κ1) is 21.8. The molecule has 3 aromatic rings. The molecule has 1 aromatic heterocycles. The van der Waals surface area contributed by atoms with Gasteiger partial charge in [-0.05, 0) is 30.5 Å². The number of pyridine rings is 1. The fourth-order valence-corrected chi connectivity index (χ4v) is 5.47. The molecule has 2 aromatic carbocycles. The van der Waals surface area contributed by atoms with Crippen molar-refractivity contribution < 1.29 is 17.9 Å². The Morgan fingerprint density at radius 3 is 2.58 bits per heavy atom. The van der Waals surface area contributed by atoms with Crippen LogP contribution >= 0.6 is 11.8 Å². The Kier molecular flexibility index (Phi) is 6.57. The van der Waals surface area contributed by atoms with Crippen LogP contribution in [0.15, 0.2) is 70.7 Å². The molecular formula is C22H23N3O4S2. The Hall–Kier alpha value is -2.46. The van der Waals surface area contributed by atoms with Crippen LogP contribution in [0, 0.1) is 0 Å². The highest BCUT2D eigenvalue weighted by atomic mass is 32.2. The Labute approximate surface area is 185 Å². The van der Waals surface area contributed by atoms with E-state index in [0.717, 1.165) is 16.5 Å². The number of nitrogens with one attached hydrogen (secondary N) is 1. The molecule has 0 spiro atoms. The van der Waals surface area contributed by atoms with Gasteiger partial charge in [-0.3, -0.25) is 4.79 Å². The highest BCUT2D eigenvalue weighted by Gasteiger charge is 2.26. The molecule has 1 amide bonds. The molecule has 162 valence electrons. The largest absolute Gasteiger partial charge is 0.379 e. The van der Waals surface area contributed by atoms with Gasteiger partial charge in [0.25, 0.3) is 0 Å². The Bertz CT molecular complexity index is 1170. The molecule has 9 heteroatoms. The molecule has 1 atom stereocenters. The summed E-state index contributed by atoms with van der Waals surface area (Å²) in [7, 11) is -3.58. The number of aromatic nitrogens is 1. The number of hydrogen-bond donors (Lipinski definition) is 1. The average Bonchev–Trinajstić information content (AvgIpc) is 2.80. The number of fused-ring (bicyclic) bond motifs is 1. The summed E-state index contributed by atoms with van der Waals surface area (Å²) >= 11 is 1.28. The fraction of sp³-hybridized carbons (Fsp3) is 0.273. The van der Waals surface area contributed by atoms with Gasteiger partial charge in [0.15, 0.2) is 0 Å². The number of nitrogens with zero attached hydrogens (tertiary/aromatic N) is 2. The first-order chi connectivity index (χ1) is 14.9. The molecule has 1 unspecified atom stereocenters. The molecule has 0 aliphatic carbocycles. The highest BCUT2D eigenvalue weighted by Crippen LogP contribution is 2.27. The van der Waals surface area contributed by atoms with Gasteiger partial charge in [0.2, 0.25) is 15.9 Å². The number of carbonyl (C=O) groups excluding carboxylic acids is 1. The van der Waals surface area contributed by atoms with Crippen LogP contribution in [0.4, 0.5) is 5.69 Å². The summed E-state index contributed by atoms with van der Waals surface area (Å²) in [5.74, 6) is -0.145. The third-order valence-electron chi connectivity index (χ3n) is 5.03. The van der Waals surface area contributed by atoms with E-state index >= 15 is 0 Å². The van der Waals surface area contributed by atoms with E-state index in [1.54, 1.807) is 13.0 Å². The van der Waals surface area contributed by atoms with E-state index in [4.69, 9.17) is 4.74 Å². The van der Waals surface area contributed by atoms with Gasteiger partial charge in [-0.1, -0.05) is 48.2 Å². The zero-order valence-electron chi connectivity index (χ0n) is 17.0. The number of carbonyl (C=O) groups is 1. The number of thioether (sulfide) groups is 1. The summed E-state index contributed by atoms with van der Waals surface area (Å²) in [4.78, 5) is 17.1. The molecule has 1 N–H and O–H groups in total. The van der Waals surface area contributed by atoms with E-state index in [2.05, 4.69) is 10.3 Å². The number of sulfonamides is 1. The predicted octanol–water partition coefficient (Wildman–Crippen LogP) is 3.38. The maximum atomic E-state index is 12.7. The standard InChI is InChI=1S/C22H23N3O4S2/c1-16(22(26)24-20-8-4-6-17-5-2-3-7-19(17)20)30-21-10-9-18(15-23-21)31(27,28)25-11-13-29-14-12-25/h2-10,15-16H,11-14H2,1H3,(H,24,26). The van der Waals surface area contributed by atoms with Crippen molar-refractivity contribution in [2.75, 3.05) is 31.6 Å². The molecule has 1 aliphatic rings. The Balaban J connectivity index is 1.42. The van der Waals surface area contributed by atoms with Gasteiger partial charge in [0.1, 0.15) is 4.90 Å². The minimum atomic E-state index is -3.58. The van der Waals surface area contributed by atoms with Gasteiger partial charge >= 0.3 is 0 Å². The Morgan fingerprint density at radius 1 is 1.10 bits per heavy atom. The summed E-state index contributed by atoms with van der Waals surface area (Å²) in [5, 5.41) is 5.19. The van der Waals surface area contributed by atoms with Crippen molar-refractivity contribution in [1.82, 2.24) is 9.29 Å². The second-order valence-corrected chi connectivity index (χ2v) is 10.4. The van der Waals surface area contributed by atoms with Crippen LogP contribution in [0.25, 0.3) is 10.8 Å². The van der Waals surface area contributed by atoms with E-state index in [-0.39, 0.29) is 10.8 Å². The highest BCUT2D eigenvalue weighted by molar-refractivity contribution is 8.00. The van der Waals surface area contributed by atoms with Gasteiger partial charge in [-0.25, -0.2) is 13.4 Å². The summed E-state index contributed by atoms with van der Waals surface area (Å²) in [6, 6.07) is 16.8. The lowest BCUT2D eigenvalue weighted by Crippen LogP contribution is -2.40. The van der Waals surface area contributed by atoms with E-state index in [1.807, 2.05) is 42.5 Å². The van der Waals surface area contributed by atoms with Crippen molar-refractivity contribution in [3.05, 3.63) is 60.8 Å². The van der Waals surface area contributed by atoms with Crippen LogP contribution in [0.1, 0.15) is 6.92 Å². The topological polar surface area (TPSA) is 88.6 Å². The van der Waals surface area contributed by atoms with E-state index in [1.165, 1.54) is 28.3 Å². The first-order valence-corrected chi connectivity index (χ1v) is 12.3. The number of ether oxygens (including phenoxy) is 1. The van der Waals surface area contributed by atoms with Gasteiger partial charge in [-0.2, -0.15) is 4.31 Å². The van der Waals surface area contributed by atoms with Crippen molar-refractivity contribution in [1.29, 1.82) is 0 Å². The van der Waals surface area contributed by atoms with Crippen molar-refractivity contribution in [3.8, 4) is 0 Å². The summed E-state index contributed by atoms with van der Waals surface area (Å²) in [6.07, 6.45) is 1.35. The van der Waals surface area contributed by atoms with Gasteiger partial charge < -0.3 is 10.1 Å². The van der Waals surface area contributed by atoms with Gasteiger partial charge in [-0.15, -0.1) is 0 Å². The normalized spacial score (nSPS) is 16.2. The van der Waals surface area contributed by atoms with Crippen molar-refractivity contribution in [2.24, 2.45) is 0 Å². The molecule has 1 saturated heterocycles. The predicted molar refractivity (Wildman–Crippen MR) is 122 cm³/mol. The lowest BCUT2D eigenvalue weighted by atomic mass is 10.1. The number of amides is 1. The summed E-state index contributed by atoms with van der Waals surface area (Å²) < 4.78 is 32.0. The molecule has 31 heavy (non-hydrogen) atoms. The SMILES string of the molecule is CC(Sc1ccc(S(=O)(=O)N2CCOCC2)cn1)C(=O)Nc1cccc2ccccc12. The number of hydrogen-bond acceptors (Lipinski definition) is 6. The molecule has 0 bridgehead atoms. The molecule has 1 aliphatic heterocycles. The monoisotopic (exact) mass is 457 g/mol. The van der Waals surface area contributed by atoms with Crippen molar-refractivity contribution in [2.45, 2.75) is 22.1 Å². The lowest BCUT2D eigenvalue weighted by molar-refractivity contribution is -0.115. The third kappa shape index (κ3) is 4.90. The number of morpholine rings is 1. The third-order valence-corrected chi connectivity index (χ3v) is 7.96. The molecule has 0 radical (unpaired) electrons. The van der Waals surface area contributed by atoms with Crippen LogP contribution in [0.2, 0.25) is 0 Å². The smallest absolute Gasteiger partial charge is 0.244 e. The van der Waals surface area contributed by atoms with Crippen molar-refractivity contribution >= 4 is 44.2 Å². The summed E-state index contributed by atoms with van der Waals surface area (Å²) in [6.45, 7) is 3.26. The van der Waals surface area contributed by atoms with Crippen LogP contribution in [-0.2, 0) is 19.6 Å². The second kappa shape index (κ2) is 9.35. The molecule has 1 fully saturated rings. The van der Waals surface area contributed by atoms with Crippen LogP contribution < -0.4 is 5.32 Å². The van der Waals surface area contributed by atoms with Crippen molar-refractivity contribution in [3.63, 3.8) is 0 Å². The van der Waals surface area contributed by atoms with Gasteiger partial charge in [0, 0.05) is 30.4 Å². The minimum absolute atomic E-state index is 0.145. The second-order valence-electron chi connectivity index (χ2n) is 7.12. The van der Waals surface area contributed by atoms with Crippen LogP contribution in [-0.4, -0.2) is 55.2 Å². The molecule has 2 heterocycles.